The van der Waals surface area contributed by atoms with Crippen molar-refractivity contribution in [2.24, 2.45) is 11.3 Å². The van der Waals surface area contributed by atoms with E-state index in [2.05, 4.69) is 20.8 Å². The van der Waals surface area contributed by atoms with Crippen molar-refractivity contribution in [2.75, 3.05) is 0 Å². The topological polar surface area (TPSA) is 20.2 Å². The second-order valence-electron chi connectivity index (χ2n) is 6.68. The monoisotopic (exact) mass is 250 g/mol. The fourth-order valence-electron chi connectivity index (χ4n) is 3.14. The molecule has 2 atom stereocenters. The highest BCUT2D eigenvalue weighted by Gasteiger charge is 2.42. The standard InChI is InChI=1S/C16H23FO/c1-12-10-15(2,3)8-9-16(12,18)11-13-4-6-14(17)7-5-13/h4-7,12,18H,8-11H2,1-3H3. The zero-order valence-corrected chi connectivity index (χ0v) is 11.5. The van der Waals surface area contributed by atoms with Crippen molar-refractivity contribution in [3.63, 3.8) is 0 Å². The molecule has 0 aliphatic heterocycles. The number of halogens is 1. The van der Waals surface area contributed by atoms with E-state index in [1.54, 1.807) is 12.1 Å². The molecule has 0 aromatic heterocycles. The van der Waals surface area contributed by atoms with E-state index in [0.717, 1.165) is 24.8 Å². The molecule has 1 saturated carbocycles. The predicted octanol–water partition coefficient (Wildman–Crippen LogP) is 3.95. The van der Waals surface area contributed by atoms with Gasteiger partial charge in [-0.25, -0.2) is 4.39 Å². The van der Waals surface area contributed by atoms with Crippen molar-refractivity contribution in [3.05, 3.63) is 35.6 Å². The van der Waals surface area contributed by atoms with Gasteiger partial charge in [0.15, 0.2) is 0 Å². The second-order valence-corrected chi connectivity index (χ2v) is 6.68. The molecular weight excluding hydrogens is 227 g/mol. The van der Waals surface area contributed by atoms with Gasteiger partial charge in [0, 0.05) is 6.42 Å². The molecule has 1 aromatic carbocycles. The number of rotatable bonds is 2. The summed E-state index contributed by atoms with van der Waals surface area (Å²) in [6.45, 7) is 6.66. The van der Waals surface area contributed by atoms with Crippen LogP contribution in [0.2, 0.25) is 0 Å². The van der Waals surface area contributed by atoms with Crippen LogP contribution in [0.25, 0.3) is 0 Å². The molecule has 2 unspecified atom stereocenters. The molecule has 0 saturated heterocycles. The minimum Gasteiger partial charge on any atom is -0.389 e. The first-order valence-electron chi connectivity index (χ1n) is 6.78. The summed E-state index contributed by atoms with van der Waals surface area (Å²) >= 11 is 0. The lowest BCUT2D eigenvalue weighted by atomic mass is 9.64. The Morgan fingerprint density at radius 1 is 1.22 bits per heavy atom. The zero-order valence-electron chi connectivity index (χ0n) is 11.5. The lowest BCUT2D eigenvalue weighted by Gasteiger charge is -2.45. The van der Waals surface area contributed by atoms with E-state index >= 15 is 0 Å². The van der Waals surface area contributed by atoms with Gasteiger partial charge >= 0.3 is 0 Å². The van der Waals surface area contributed by atoms with Crippen LogP contribution in [-0.2, 0) is 6.42 Å². The van der Waals surface area contributed by atoms with Crippen LogP contribution in [0.3, 0.4) is 0 Å². The first-order chi connectivity index (χ1) is 8.31. The van der Waals surface area contributed by atoms with Crippen molar-refractivity contribution in [2.45, 2.75) is 52.1 Å². The molecule has 1 aromatic rings. The molecule has 0 radical (unpaired) electrons. The molecule has 2 heteroatoms. The van der Waals surface area contributed by atoms with Crippen molar-refractivity contribution >= 4 is 0 Å². The van der Waals surface area contributed by atoms with Crippen molar-refractivity contribution in [1.29, 1.82) is 0 Å². The summed E-state index contributed by atoms with van der Waals surface area (Å²) in [4.78, 5) is 0. The van der Waals surface area contributed by atoms with Crippen LogP contribution in [0, 0.1) is 17.2 Å². The maximum Gasteiger partial charge on any atom is 0.123 e. The summed E-state index contributed by atoms with van der Waals surface area (Å²) in [7, 11) is 0. The van der Waals surface area contributed by atoms with E-state index in [9.17, 15) is 9.50 Å². The van der Waals surface area contributed by atoms with Crippen LogP contribution >= 0.6 is 0 Å². The third kappa shape index (κ3) is 2.92. The molecule has 0 spiro atoms. The smallest absolute Gasteiger partial charge is 0.123 e. The summed E-state index contributed by atoms with van der Waals surface area (Å²) < 4.78 is 12.9. The Kier molecular flexibility index (Phi) is 3.50. The molecule has 0 bridgehead atoms. The second kappa shape index (κ2) is 4.65. The molecule has 1 nitrogen and oxygen atoms in total. The van der Waals surface area contributed by atoms with Crippen molar-refractivity contribution in [1.82, 2.24) is 0 Å². The Morgan fingerprint density at radius 3 is 2.39 bits per heavy atom. The third-order valence-corrected chi connectivity index (χ3v) is 4.43. The van der Waals surface area contributed by atoms with Crippen molar-refractivity contribution < 1.29 is 9.50 Å². The fraction of sp³-hybridized carbons (Fsp3) is 0.625. The molecule has 1 fully saturated rings. The highest BCUT2D eigenvalue weighted by molar-refractivity contribution is 5.19. The van der Waals surface area contributed by atoms with Crippen LogP contribution in [-0.4, -0.2) is 10.7 Å². The minimum atomic E-state index is -0.632. The molecular formula is C16H23FO. The van der Waals surface area contributed by atoms with E-state index in [1.165, 1.54) is 12.1 Å². The molecule has 0 heterocycles. The molecule has 100 valence electrons. The highest BCUT2D eigenvalue weighted by Crippen LogP contribution is 2.45. The van der Waals surface area contributed by atoms with E-state index in [0.29, 0.717) is 11.8 Å². The molecule has 0 amide bonds. The van der Waals surface area contributed by atoms with Gasteiger partial charge in [0.1, 0.15) is 5.82 Å². The Balaban J connectivity index is 2.10. The summed E-state index contributed by atoms with van der Waals surface area (Å²) in [5, 5.41) is 10.8. The number of hydrogen-bond donors (Lipinski definition) is 1. The van der Waals surface area contributed by atoms with Crippen LogP contribution in [0.5, 0.6) is 0 Å². The number of benzene rings is 1. The van der Waals surface area contributed by atoms with E-state index < -0.39 is 5.60 Å². The third-order valence-electron chi connectivity index (χ3n) is 4.43. The van der Waals surface area contributed by atoms with Gasteiger partial charge in [-0.3, -0.25) is 0 Å². The average molecular weight is 250 g/mol. The lowest BCUT2D eigenvalue weighted by molar-refractivity contribution is -0.0704. The number of hydrogen-bond acceptors (Lipinski definition) is 1. The molecule has 18 heavy (non-hydrogen) atoms. The van der Waals surface area contributed by atoms with Gasteiger partial charge in [-0.2, -0.15) is 0 Å². The summed E-state index contributed by atoms with van der Waals surface area (Å²) in [6, 6.07) is 6.49. The largest absolute Gasteiger partial charge is 0.389 e. The molecule has 1 aliphatic carbocycles. The number of aliphatic hydroxyl groups is 1. The summed E-state index contributed by atoms with van der Waals surface area (Å²) in [5.74, 6) is 0.0647. The summed E-state index contributed by atoms with van der Waals surface area (Å²) in [5.41, 5.74) is 0.715. The summed E-state index contributed by atoms with van der Waals surface area (Å²) in [6.07, 6.45) is 3.56. The van der Waals surface area contributed by atoms with Gasteiger partial charge in [0.25, 0.3) is 0 Å². The zero-order chi connectivity index (χ0) is 13.4. The van der Waals surface area contributed by atoms with E-state index in [4.69, 9.17) is 0 Å². The van der Waals surface area contributed by atoms with Crippen LogP contribution in [0.1, 0.15) is 45.6 Å². The van der Waals surface area contributed by atoms with Crippen LogP contribution < -0.4 is 0 Å². The van der Waals surface area contributed by atoms with Crippen LogP contribution in [0.15, 0.2) is 24.3 Å². The van der Waals surface area contributed by atoms with Crippen molar-refractivity contribution in [3.8, 4) is 0 Å². The Morgan fingerprint density at radius 2 is 1.83 bits per heavy atom. The van der Waals surface area contributed by atoms with Gasteiger partial charge in [0.05, 0.1) is 5.60 Å². The Hall–Kier alpha value is -0.890. The maximum absolute atomic E-state index is 12.9. The fourth-order valence-corrected chi connectivity index (χ4v) is 3.14. The lowest BCUT2D eigenvalue weighted by Crippen LogP contribution is -2.45. The minimum absolute atomic E-state index is 0.219. The average Bonchev–Trinajstić information content (AvgIpc) is 2.28. The first kappa shape index (κ1) is 13.5. The maximum atomic E-state index is 12.9. The molecule has 1 aliphatic rings. The Bertz CT molecular complexity index is 410. The molecule has 2 rings (SSSR count). The van der Waals surface area contributed by atoms with Gasteiger partial charge in [-0.15, -0.1) is 0 Å². The highest BCUT2D eigenvalue weighted by atomic mass is 19.1. The quantitative estimate of drug-likeness (QED) is 0.842. The van der Waals surface area contributed by atoms with Gasteiger partial charge in [-0.1, -0.05) is 32.9 Å². The van der Waals surface area contributed by atoms with E-state index in [-0.39, 0.29) is 11.7 Å². The predicted molar refractivity (Wildman–Crippen MR) is 71.8 cm³/mol. The molecule has 1 N–H and O–H groups in total. The van der Waals surface area contributed by atoms with Gasteiger partial charge < -0.3 is 5.11 Å². The van der Waals surface area contributed by atoms with Gasteiger partial charge in [0.2, 0.25) is 0 Å². The SMILES string of the molecule is CC1CC(C)(C)CCC1(O)Cc1ccc(F)cc1. The first-order valence-corrected chi connectivity index (χ1v) is 6.78. The Labute approximate surface area is 109 Å². The van der Waals surface area contributed by atoms with Gasteiger partial charge in [-0.05, 0) is 48.3 Å². The normalized spacial score (nSPS) is 31.3. The van der Waals surface area contributed by atoms with E-state index in [1.807, 2.05) is 0 Å². The van der Waals surface area contributed by atoms with Crippen LogP contribution in [0.4, 0.5) is 4.39 Å².